The van der Waals surface area contributed by atoms with Crippen LogP contribution in [0.4, 0.5) is 0 Å². The molecule has 0 rings (SSSR count). The van der Waals surface area contributed by atoms with E-state index in [4.69, 9.17) is 9.84 Å². The van der Waals surface area contributed by atoms with Crippen molar-refractivity contribution in [2.75, 3.05) is 7.11 Å². The van der Waals surface area contributed by atoms with Crippen LogP contribution < -0.4 is 0 Å². The molecule has 0 aliphatic rings. The molecule has 9 heavy (non-hydrogen) atoms. The number of ether oxygens (including phenoxy) is 1. The predicted molar refractivity (Wildman–Crippen MR) is 37.3 cm³/mol. The van der Waals surface area contributed by atoms with Gasteiger partial charge in [0.2, 0.25) is 0 Å². The van der Waals surface area contributed by atoms with Crippen LogP contribution in [-0.2, 0) is 4.74 Å². The Morgan fingerprint density at radius 2 is 1.67 bits per heavy atom. The summed E-state index contributed by atoms with van der Waals surface area (Å²) in [5.74, 6) is 0.384. The topological polar surface area (TPSA) is 29.5 Å². The van der Waals surface area contributed by atoms with Crippen LogP contribution in [0.1, 0.15) is 20.8 Å². The van der Waals surface area contributed by atoms with Gasteiger partial charge in [0.15, 0.2) is 0 Å². The SMILES string of the molecule is COC(C(C)C)C(C)O. The first-order valence-corrected chi connectivity index (χ1v) is 3.30. The third-order valence-corrected chi connectivity index (χ3v) is 1.40. The zero-order chi connectivity index (χ0) is 7.44. The predicted octanol–water partition coefficient (Wildman–Crippen LogP) is 1.04. The average molecular weight is 132 g/mol. The van der Waals surface area contributed by atoms with Gasteiger partial charge in [0.25, 0.3) is 0 Å². The maximum atomic E-state index is 9.06. The summed E-state index contributed by atoms with van der Waals surface area (Å²) in [6.45, 7) is 5.80. The van der Waals surface area contributed by atoms with E-state index in [0.717, 1.165) is 0 Å². The summed E-state index contributed by atoms with van der Waals surface area (Å²) in [5.41, 5.74) is 0. The van der Waals surface area contributed by atoms with Crippen molar-refractivity contribution in [3.63, 3.8) is 0 Å². The molecular weight excluding hydrogens is 116 g/mol. The summed E-state index contributed by atoms with van der Waals surface area (Å²) in [6, 6.07) is 0. The molecule has 0 bridgehead atoms. The van der Waals surface area contributed by atoms with Gasteiger partial charge >= 0.3 is 0 Å². The molecule has 0 heterocycles. The minimum Gasteiger partial charge on any atom is -0.391 e. The monoisotopic (exact) mass is 132 g/mol. The highest BCUT2D eigenvalue weighted by Crippen LogP contribution is 2.08. The van der Waals surface area contributed by atoms with E-state index < -0.39 is 0 Å². The number of hydrogen-bond acceptors (Lipinski definition) is 2. The van der Waals surface area contributed by atoms with Crippen molar-refractivity contribution in [3.8, 4) is 0 Å². The smallest absolute Gasteiger partial charge is 0.0850 e. The van der Waals surface area contributed by atoms with Crippen molar-refractivity contribution in [2.24, 2.45) is 5.92 Å². The van der Waals surface area contributed by atoms with E-state index in [9.17, 15) is 0 Å². The normalized spacial score (nSPS) is 18.0. The third kappa shape index (κ3) is 2.82. The lowest BCUT2D eigenvalue weighted by Crippen LogP contribution is -2.30. The van der Waals surface area contributed by atoms with Crippen LogP contribution >= 0.6 is 0 Å². The Morgan fingerprint density at radius 3 is 1.67 bits per heavy atom. The number of rotatable bonds is 3. The van der Waals surface area contributed by atoms with Crippen molar-refractivity contribution in [3.05, 3.63) is 0 Å². The summed E-state index contributed by atoms with van der Waals surface area (Å²) in [5, 5.41) is 9.06. The maximum absolute atomic E-state index is 9.06. The van der Waals surface area contributed by atoms with Gasteiger partial charge < -0.3 is 9.84 Å². The van der Waals surface area contributed by atoms with Gasteiger partial charge in [-0.15, -0.1) is 0 Å². The van der Waals surface area contributed by atoms with Crippen LogP contribution in [-0.4, -0.2) is 24.4 Å². The number of methoxy groups -OCH3 is 1. The van der Waals surface area contributed by atoms with E-state index in [0.29, 0.717) is 5.92 Å². The van der Waals surface area contributed by atoms with Gasteiger partial charge in [-0.3, -0.25) is 0 Å². The van der Waals surface area contributed by atoms with Crippen LogP contribution in [0.25, 0.3) is 0 Å². The largest absolute Gasteiger partial charge is 0.391 e. The van der Waals surface area contributed by atoms with Crippen molar-refractivity contribution < 1.29 is 9.84 Å². The molecule has 0 aliphatic carbocycles. The second-order valence-electron chi connectivity index (χ2n) is 2.68. The molecule has 0 aromatic heterocycles. The molecular formula is C7H16O2. The standard InChI is InChI=1S/C7H16O2/c1-5(2)7(9-4)6(3)8/h5-8H,1-4H3. The Hall–Kier alpha value is -0.0800. The minimum atomic E-state index is -0.366. The molecule has 56 valence electrons. The van der Waals surface area contributed by atoms with Crippen LogP contribution in [0.5, 0.6) is 0 Å². The molecule has 2 atom stereocenters. The molecule has 2 nitrogen and oxygen atoms in total. The first kappa shape index (κ1) is 8.92. The Kier molecular flexibility index (Phi) is 3.82. The molecule has 0 saturated carbocycles. The van der Waals surface area contributed by atoms with Crippen LogP contribution in [0.2, 0.25) is 0 Å². The second kappa shape index (κ2) is 3.85. The van der Waals surface area contributed by atoms with Crippen LogP contribution in [0, 0.1) is 5.92 Å². The summed E-state index contributed by atoms with van der Waals surface area (Å²) >= 11 is 0. The quantitative estimate of drug-likeness (QED) is 0.621. The van der Waals surface area contributed by atoms with E-state index >= 15 is 0 Å². The first-order chi connectivity index (χ1) is 4.09. The maximum Gasteiger partial charge on any atom is 0.0850 e. The molecule has 0 fully saturated rings. The number of aliphatic hydroxyl groups is 1. The van der Waals surface area contributed by atoms with E-state index in [1.165, 1.54) is 0 Å². The summed E-state index contributed by atoms with van der Waals surface area (Å²) in [7, 11) is 1.62. The zero-order valence-corrected chi connectivity index (χ0v) is 6.59. The van der Waals surface area contributed by atoms with Gasteiger partial charge in [-0.2, -0.15) is 0 Å². The fourth-order valence-corrected chi connectivity index (χ4v) is 1.03. The van der Waals surface area contributed by atoms with E-state index in [2.05, 4.69) is 0 Å². The minimum absolute atomic E-state index is 0.0231. The van der Waals surface area contributed by atoms with Gasteiger partial charge in [0, 0.05) is 7.11 Å². The molecule has 0 aromatic rings. The molecule has 2 heteroatoms. The molecule has 1 N–H and O–H groups in total. The fourth-order valence-electron chi connectivity index (χ4n) is 1.03. The Balaban J connectivity index is 3.68. The van der Waals surface area contributed by atoms with Gasteiger partial charge in [0.1, 0.15) is 0 Å². The van der Waals surface area contributed by atoms with Gasteiger partial charge in [-0.25, -0.2) is 0 Å². The zero-order valence-electron chi connectivity index (χ0n) is 6.59. The lowest BCUT2D eigenvalue weighted by Gasteiger charge is -2.21. The molecule has 0 spiro atoms. The summed E-state index contributed by atoms with van der Waals surface area (Å²) in [6.07, 6.45) is -0.389. The number of hydrogen-bond donors (Lipinski definition) is 1. The van der Waals surface area contributed by atoms with Crippen molar-refractivity contribution in [1.82, 2.24) is 0 Å². The van der Waals surface area contributed by atoms with Crippen molar-refractivity contribution in [2.45, 2.75) is 33.0 Å². The fraction of sp³-hybridized carbons (Fsp3) is 1.00. The highest BCUT2D eigenvalue weighted by molar-refractivity contribution is 4.66. The Morgan fingerprint density at radius 1 is 1.22 bits per heavy atom. The van der Waals surface area contributed by atoms with Crippen LogP contribution in [0.3, 0.4) is 0 Å². The van der Waals surface area contributed by atoms with Gasteiger partial charge in [-0.05, 0) is 12.8 Å². The molecule has 0 aromatic carbocycles. The van der Waals surface area contributed by atoms with Gasteiger partial charge in [-0.1, -0.05) is 13.8 Å². The number of aliphatic hydroxyl groups excluding tert-OH is 1. The van der Waals surface area contributed by atoms with E-state index in [1.54, 1.807) is 14.0 Å². The Labute approximate surface area is 56.8 Å². The van der Waals surface area contributed by atoms with Crippen molar-refractivity contribution in [1.29, 1.82) is 0 Å². The van der Waals surface area contributed by atoms with Crippen molar-refractivity contribution >= 4 is 0 Å². The highest BCUT2D eigenvalue weighted by Gasteiger charge is 2.16. The molecule has 0 saturated heterocycles. The lowest BCUT2D eigenvalue weighted by atomic mass is 10.0. The third-order valence-electron chi connectivity index (χ3n) is 1.40. The molecule has 0 radical (unpaired) electrons. The molecule has 0 amide bonds. The summed E-state index contributed by atoms with van der Waals surface area (Å²) < 4.78 is 5.02. The first-order valence-electron chi connectivity index (χ1n) is 3.30. The van der Waals surface area contributed by atoms with E-state index in [1.807, 2.05) is 13.8 Å². The van der Waals surface area contributed by atoms with Crippen LogP contribution in [0.15, 0.2) is 0 Å². The summed E-state index contributed by atoms with van der Waals surface area (Å²) in [4.78, 5) is 0. The van der Waals surface area contributed by atoms with Gasteiger partial charge in [0.05, 0.1) is 12.2 Å². The molecule has 2 unspecified atom stereocenters. The Bertz CT molecular complexity index is 61.3. The highest BCUT2D eigenvalue weighted by atomic mass is 16.5. The average Bonchev–Trinajstić information content (AvgIpc) is 1.64. The van der Waals surface area contributed by atoms with E-state index in [-0.39, 0.29) is 12.2 Å². The lowest BCUT2D eigenvalue weighted by molar-refractivity contribution is -0.0285. The molecule has 0 aliphatic heterocycles. The second-order valence-corrected chi connectivity index (χ2v) is 2.68.